The minimum atomic E-state index is -4.75. The van der Waals surface area contributed by atoms with E-state index in [1.54, 1.807) is 12.1 Å². The lowest BCUT2D eigenvalue weighted by Gasteiger charge is -2.14. The van der Waals surface area contributed by atoms with Crippen LogP contribution >= 0.6 is 24.0 Å². The van der Waals surface area contributed by atoms with Crippen molar-refractivity contribution in [3.8, 4) is 5.75 Å². The van der Waals surface area contributed by atoms with Gasteiger partial charge in [-0.05, 0) is 19.4 Å². The fraction of sp³-hybridized carbons (Fsp3) is 0.500. The molecule has 1 aromatic heterocycles. The summed E-state index contributed by atoms with van der Waals surface area (Å²) in [7, 11) is 1.86. The number of alkyl halides is 3. The van der Waals surface area contributed by atoms with Gasteiger partial charge in [0, 0.05) is 19.2 Å². The number of ether oxygens (including phenoxy) is 1. The van der Waals surface area contributed by atoms with E-state index >= 15 is 0 Å². The van der Waals surface area contributed by atoms with Crippen LogP contribution in [-0.2, 0) is 20.1 Å². The van der Waals surface area contributed by atoms with Crippen molar-refractivity contribution < 1.29 is 17.9 Å². The first kappa shape index (κ1) is 25.0. The number of aromatic nitrogens is 3. The fourth-order valence-corrected chi connectivity index (χ4v) is 2.35. The molecule has 0 amide bonds. The topological polar surface area (TPSA) is 76.4 Å². The van der Waals surface area contributed by atoms with E-state index in [0.717, 1.165) is 24.5 Å². The van der Waals surface area contributed by atoms with Gasteiger partial charge in [-0.25, -0.2) is 4.99 Å². The van der Waals surface area contributed by atoms with Crippen molar-refractivity contribution in [3.05, 3.63) is 41.5 Å². The molecule has 0 radical (unpaired) electrons. The molecule has 0 atom stereocenters. The summed E-state index contributed by atoms with van der Waals surface area (Å²) in [5.41, 5.74) is 0.339. The van der Waals surface area contributed by atoms with Gasteiger partial charge in [0.25, 0.3) is 0 Å². The molecule has 29 heavy (non-hydrogen) atoms. The molecule has 1 heterocycles. The van der Waals surface area contributed by atoms with Crippen LogP contribution in [-0.4, -0.2) is 33.6 Å². The second kappa shape index (κ2) is 11.8. The average molecular weight is 526 g/mol. The van der Waals surface area contributed by atoms with Gasteiger partial charge in [0.15, 0.2) is 11.8 Å². The van der Waals surface area contributed by atoms with Crippen molar-refractivity contribution >= 4 is 29.9 Å². The smallest absolute Gasteiger partial charge is 0.405 e. The molecule has 0 aliphatic carbocycles. The number of aliphatic imine (C=N–C) groups is 1. The van der Waals surface area contributed by atoms with E-state index in [4.69, 9.17) is 0 Å². The number of para-hydroxylation sites is 1. The van der Waals surface area contributed by atoms with Gasteiger partial charge < -0.3 is 19.9 Å². The number of benzene rings is 1. The van der Waals surface area contributed by atoms with Crippen molar-refractivity contribution in [3.63, 3.8) is 0 Å². The molecule has 0 saturated carbocycles. The third kappa shape index (κ3) is 8.46. The third-order valence-electron chi connectivity index (χ3n) is 4.03. The average Bonchev–Trinajstić information content (AvgIpc) is 2.95. The quantitative estimate of drug-likeness (QED) is 0.238. The van der Waals surface area contributed by atoms with Gasteiger partial charge >= 0.3 is 6.36 Å². The molecule has 0 aliphatic heterocycles. The number of nitrogens with one attached hydrogen (secondary N) is 2. The van der Waals surface area contributed by atoms with E-state index in [1.807, 2.05) is 18.5 Å². The minimum Gasteiger partial charge on any atom is -0.405 e. The zero-order valence-corrected chi connectivity index (χ0v) is 18.9. The number of unbranched alkanes of at least 4 members (excludes halogenated alkanes) is 1. The molecule has 1 aromatic carbocycles. The molecule has 0 bridgehead atoms. The van der Waals surface area contributed by atoms with E-state index in [0.29, 0.717) is 24.6 Å². The van der Waals surface area contributed by atoms with Gasteiger partial charge in [-0.15, -0.1) is 47.3 Å². The molecule has 2 rings (SSSR count). The maximum Gasteiger partial charge on any atom is 0.573 e. The van der Waals surface area contributed by atoms with Gasteiger partial charge in [-0.1, -0.05) is 31.5 Å². The number of aryl methyl sites for hydroxylation is 1. The third-order valence-corrected chi connectivity index (χ3v) is 4.03. The molecular weight excluding hydrogens is 500 g/mol. The number of nitrogens with zero attached hydrogens (tertiary/aromatic N) is 4. The zero-order valence-electron chi connectivity index (χ0n) is 16.6. The standard InChI is InChI=1S/C18H25F3N6O.HI/c1-4-5-10-22-17(24-12-16-26-25-13(2)27(16)3)23-11-14-8-6-7-9-15(14)28-18(19,20)21;/h6-9H,4-5,10-12H2,1-3H3,(H2,22,23,24);1H. The molecular formula is C18H26F3IN6O. The highest BCUT2D eigenvalue weighted by atomic mass is 127. The van der Waals surface area contributed by atoms with Gasteiger partial charge in [-0.2, -0.15) is 0 Å². The van der Waals surface area contributed by atoms with Crippen LogP contribution in [0, 0.1) is 6.92 Å². The molecule has 2 aromatic rings. The Bertz CT molecular complexity index is 794. The normalized spacial score (nSPS) is 11.7. The summed E-state index contributed by atoms with van der Waals surface area (Å²) in [5, 5.41) is 14.4. The predicted molar refractivity (Wildman–Crippen MR) is 115 cm³/mol. The fourth-order valence-electron chi connectivity index (χ4n) is 2.35. The molecule has 0 fully saturated rings. The van der Waals surface area contributed by atoms with Crippen LogP contribution in [0.5, 0.6) is 5.75 Å². The number of halogens is 4. The van der Waals surface area contributed by atoms with E-state index in [1.165, 1.54) is 12.1 Å². The van der Waals surface area contributed by atoms with E-state index < -0.39 is 6.36 Å². The highest BCUT2D eigenvalue weighted by molar-refractivity contribution is 14.0. The number of hydrogen-bond donors (Lipinski definition) is 2. The number of rotatable bonds is 8. The zero-order chi connectivity index (χ0) is 20.6. The van der Waals surface area contributed by atoms with Crippen LogP contribution < -0.4 is 15.4 Å². The first-order valence-corrected chi connectivity index (χ1v) is 9.01. The van der Waals surface area contributed by atoms with E-state index in [2.05, 4.69) is 37.5 Å². The predicted octanol–water partition coefficient (Wildman–Crippen LogP) is 3.68. The summed E-state index contributed by atoms with van der Waals surface area (Å²) >= 11 is 0. The largest absolute Gasteiger partial charge is 0.573 e. The van der Waals surface area contributed by atoms with Gasteiger partial charge in [0.1, 0.15) is 11.6 Å². The van der Waals surface area contributed by atoms with E-state index in [-0.39, 0.29) is 36.3 Å². The van der Waals surface area contributed by atoms with Crippen molar-refractivity contribution in [2.24, 2.45) is 12.0 Å². The summed E-state index contributed by atoms with van der Waals surface area (Å²) in [5.74, 6) is 1.74. The van der Waals surface area contributed by atoms with Crippen LogP contribution in [0.3, 0.4) is 0 Å². The molecule has 0 unspecified atom stereocenters. The Morgan fingerprint density at radius 2 is 1.93 bits per heavy atom. The summed E-state index contributed by atoms with van der Waals surface area (Å²) in [6.07, 6.45) is -2.80. The number of hydrogen-bond acceptors (Lipinski definition) is 4. The molecule has 11 heteroatoms. The van der Waals surface area contributed by atoms with Gasteiger partial charge in [0.2, 0.25) is 0 Å². The maximum absolute atomic E-state index is 12.6. The molecule has 0 spiro atoms. The van der Waals surface area contributed by atoms with Crippen molar-refractivity contribution in [2.45, 2.75) is 46.1 Å². The Morgan fingerprint density at radius 1 is 1.21 bits per heavy atom. The lowest BCUT2D eigenvalue weighted by Crippen LogP contribution is -2.38. The summed E-state index contributed by atoms with van der Waals surface area (Å²) < 4.78 is 43.7. The van der Waals surface area contributed by atoms with Crippen LogP contribution in [0.1, 0.15) is 37.0 Å². The lowest BCUT2D eigenvalue weighted by atomic mass is 10.2. The highest BCUT2D eigenvalue weighted by Crippen LogP contribution is 2.26. The Kier molecular flexibility index (Phi) is 10.2. The first-order valence-electron chi connectivity index (χ1n) is 9.01. The second-order valence-electron chi connectivity index (χ2n) is 6.18. The Balaban J connectivity index is 0.00000420. The lowest BCUT2D eigenvalue weighted by molar-refractivity contribution is -0.274. The molecule has 162 valence electrons. The molecule has 2 N–H and O–H groups in total. The van der Waals surface area contributed by atoms with Crippen LogP contribution in [0.2, 0.25) is 0 Å². The van der Waals surface area contributed by atoms with Crippen molar-refractivity contribution in [1.82, 2.24) is 25.4 Å². The monoisotopic (exact) mass is 526 g/mol. The van der Waals surface area contributed by atoms with Crippen molar-refractivity contribution in [2.75, 3.05) is 6.54 Å². The summed E-state index contributed by atoms with van der Waals surface area (Å²) in [6, 6.07) is 5.97. The van der Waals surface area contributed by atoms with Gasteiger partial charge in [-0.3, -0.25) is 0 Å². The maximum atomic E-state index is 12.6. The van der Waals surface area contributed by atoms with Crippen LogP contribution in [0.25, 0.3) is 0 Å². The summed E-state index contributed by atoms with van der Waals surface area (Å²) in [4.78, 5) is 4.40. The molecule has 7 nitrogen and oxygen atoms in total. The SMILES string of the molecule is CCCCNC(=NCc1ccccc1OC(F)(F)F)NCc1nnc(C)n1C.I. The minimum absolute atomic E-state index is 0. The summed E-state index contributed by atoms with van der Waals surface area (Å²) in [6.45, 7) is 5.03. The Hall–Kier alpha value is -2.05. The van der Waals surface area contributed by atoms with Crippen LogP contribution in [0.4, 0.5) is 13.2 Å². The van der Waals surface area contributed by atoms with E-state index in [9.17, 15) is 13.2 Å². The molecule has 0 saturated heterocycles. The Morgan fingerprint density at radius 3 is 2.55 bits per heavy atom. The first-order chi connectivity index (χ1) is 13.3. The number of guanidine groups is 1. The van der Waals surface area contributed by atoms with Gasteiger partial charge in [0.05, 0.1) is 13.1 Å². The highest BCUT2D eigenvalue weighted by Gasteiger charge is 2.31. The Labute approximate surface area is 185 Å². The molecule has 0 aliphatic rings. The second-order valence-corrected chi connectivity index (χ2v) is 6.18. The van der Waals surface area contributed by atoms with Crippen LogP contribution in [0.15, 0.2) is 29.3 Å². The van der Waals surface area contributed by atoms with Crippen molar-refractivity contribution in [1.29, 1.82) is 0 Å².